The number of methoxy groups -OCH3 is 1. The van der Waals surface area contributed by atoms with Gasteiger partial charge < -0.3 is 9.30 Å². The summed E-state index contributed by atoms with van der Waals surface area (Å²) in [6.07, 6.45) is 1.85. The summed E-state index contributed by atoms with van der Waals surface area (Å²) >= 11 is 5.93. The molecule has 0 unspecified atom stereocenters. The fourth-order valence-electron chi connectivity index (χ4n) is 2.16. The number of aromatic nitrogens is 5. The molecule has 0 fully saturated rings. The molecule has 104 valence electrons. The summed E-state index contributed by atoms with van der Waals surface area (Å²) in [4.78, 5) is 0. The second kappa shape index (κ2) is 5.18. The van der Waals surface area contributed by atoms with Gasteiger partial charge >= 0.3 is 0 Å². The van der Waals surface area contributed by atoms with E-state index in [0.29, 0.717) is 18.7 Å². The quantitative estimate of drug-likeness (QED) is 0.801. The number of fused-ring (bicyclic) bond motifs is 1. The second-order valence-electron chi connectivity index (χ2n) is 4.22. The van der Waals surface area contributed by atoms with Crippen molar-refractivity contribution in [3.05, 3.63) is 29.2 Å². The average molecular weight is 296 g/mol. The minimum absolute atomic E-state index is 0.0294. The van der Waals surface area contributed by atoms with Crippen LogP contribution in [0, 0.1) is 5.82 Å². The Balaban J connectivity index is 2.28. The number of H-pyrrole nitrogens is 1. The molecule has 8 heteroatoms. The number of ether oxygens (including phenoxy) is 1. The van der Waals surface area contributed by atoms with E-state index in [0.717, 1.165) is 5.39 Å². The largest absolute Gasteiger partial charge is 0.383 e. The number of hydrogen-bond donors (Lipinski definition) is 1. The van der Waals surface area contributed by atoms with Gasteiger partial charge in [-0.15, -0.1) is 10.2 Å². The fraction of sp³-hybridized carbons (Fsp3) is 0.250. The maximum absolute atomic E-state index is 14.4. The van der Waals surface area contributed by atoms with Crippen LogP contribution in [0.2, 0.25) is 5.02 Å². The van der Waals surface area contributed by atoms with E-state index in [4.69, 9.17) is 16.3 Å². The Bertz CT molecular complexity index is 740. The molecule has 0 aliphatic carbocycles. The van der Waals surface area contributed by atoms with Gasteiger partial charge in [0.25, 0.3) is 0 Å². The van der Waals surface area contributed by atoms with Crippen molar-refractivity contribution in [3.63, 3.8) is 0 Å². The van der Waals surface area contributed by atoms with Crippen molar-refractivity contribution in [3.8, 4) is 11.4 Å². The van der Waals surface area contributed by atoms with Gasteiger partial charge in [-0.1, -0.05) is 11.6 Å². The molecule has 6 nitrogen and oxygen atoms in total. The highest BCUT2D eigenvalue weighted by atomic mass is 35.5. The van der Waals surface area contributed by atoms with E-state index < -0.39 is 5.82 Å². The third-order valence-corrected chi connectivity index (χ3v) is 3.32. The van der Waals surface area contributed by atoms with Gasteiger partial charge in [-0.3, -0.25) is 0 Å². The first-order valence-electron chi connectivity index (χ1n) is 5.92. The van der Waals surface area contributed by atoms with E-state index in [1.54, 1.807) is 13.2 Å². The molecule has 0 radical (unpaired) electrons. The lowest BCUT2D eigenvalue weighted by Crippen LogP contribution is -2.04. The molecule has 2 heterocycles. The first-order valence-corrected chi connectivity index (χ1v) is 6.29. The molecule has 2 aromatic heterocycles. The molecular formula is C12H11ClFN5O. The van der Waals surface area contributed by atoms with Crippen molar-refractivity contribution < 1.29 is 9.13 Å². The molecule has 1 N–H and O–H groups in total. The van der Waals surface area contributed by atoms with Crippen molar-refractivity contribution in [2.45, 2.75) is 6.54 Å². The number of tetrazole rings is 1. The molecule has 0 amide bonds. The van der Waals surface area contributed by atoms with Crippen LogP contribution in [-0.2, 0) is 11.3 Å². The van der Waals surface area contributed by atoms with Gasteiger partial charge in [0, 0.05) is 25.2 Å². The monoisotopic (exact) mass is 295 g/mol. The van der Waals surface area contributed by atoms with E-state index in [-0.39, 0.29) is 16.4 Å². The topological polar surface area (TPSA) is 68.6 Å². The Morgan fingerprint density at radius 2 is 2.35 bits per heavy atom. The smallest absolute Gasteiger partial charge is 0.209 e. The minimum Gasteiger partial charge on any atom is -0.383 e. The van der Waals surface area contributed by atoms with Gasteiger partial charge in [-0.2, -0.15) is 5.21 Å². The lowest BCUT2D eigenvalue weighted by atomic mass is 10.1. The molecule has 0 atom stereocenters. The number of hydrogen-bond acceptors (Lipinski definition) is 4. The zero-order valence-corrected chi connectivity index (χ0v) is 11.4. The summed E-state index contributed by atoms with van der Waals surface area (Å²) < 4.78 is 21.3. The van der Waals surface area contributed by atoms with Gasteiger partial charge in [-0.05, 0) is 17.3 Å². The molecule has 3 rings (SSSR count). The van der Waals surface area contributed by atoms with Crippen molar-refractivity contribution in [1.29, 1.82) is 0 Å². The molecule has 20 heavy (non-hydrogen) atoms. The Morgan fingerprint density at radius 3 is 3.05 bits per heavy atom. The first-order chi connectivity index (χ1) is 9.72. The highest BCUT2D eigenvalue weighted by Crippen LogP contribution is 2.34. The Morgan fingerprint density at radius 1 is 1.50 bits per heavy atom. The number of nitrogens with one attached hydrogen (secondary N) is 1. The standard InChI is InChI=1S/C12H11ClFN5O/c1-20-5-4-19-3-2-7-6-8(13)10(14)9(11(7)19)12-15-17-18-16-12/h2-3,6H,4-5H2,1H3,(H,15,16,17,18). The Hall–Kier alpha value is -1.99. The highest BCUT2D eigenvalue weighted by Gasteiger charge is 2.20. The predicted molar refractivity (Wildman–Crippen MR) is 72.0 cm³/mol. The molecule has 0 aliphatic heterocycles. The van der Waals surface area contributed by atoms with E-state index in [1.807, 2.05) is 16.8 Å². The zero-order valence-electron chi connectivity index (χ0n) is 10.6. The Kier molecular flexibility index (Phi) is 3.37. The summed E-state index contributed by atoms with van der Waals surface area (Å²) in [5, 5.41) is 14.3. The van der Waals surface area contributed by atoms with Crippen molar-refractivity contribution in [1.82, 2.24) is 25.2 Å². The summed E-state index contributed by atoms with van der Waals surface area (Å²) in [5.74, 6) is -0.384. The molecular weight excluding hydrogens is 285 g/mol. The van der Waals surface area contributed by atoms with Crippen molar-refractivity contribution >= 4 is 22.5 Å². The minimum atomic E-state index is -0.557. The summed E-state index contributed by atoms with van der Waals surface area (Å²) in [7, 11) is 1.61. The van der Waals surface area contributed by atoms with Crippen molar-refractivity contribution in [2.24, 2.45) is 0 Å². The SMILES string of the molecule is COCCn1ccc2cc(Cl)c(F)c(-c3nn[nH]n3)c21. The number of rotatable bonds is 4. The molecule has 0 aliphatic rings. The third kappa shape index (κ3) is 2.04. The van der Waals surface area contributed by atoms with E-state index in [2.05, 4.69) is 20.6 Å². The molecule has 0 saturated heterocycles. The molecule has 1 aromatic carbocycles. The highest BCUT2D eigenvalue weighted by molar-refractivity contribution is 6.32. The van der Waals surface area contributed by atoms with E-state index in [1.165, 1.54) is 0 Å². The van der Waals surface area contributed by atoms with Gasteiger partial charge in [0.15, 0.2) is 5.82 Å². The van der Waals surface area contributed by atoms with Gasteiger partial charge in [-0.25, -0.2) is 4.39 Å². The first kappa shape index (κ1) is 13.0. The van der Waals surface area contributed by atoms with Crippen LogP contribution in [0.4, 0.5) is 4.39 Å². The van der Waals surface area contributed by atoms with Gasteiger partial charge in [0.05, 0.1) is 22.7 Å². The van der Waals surface area contributed by atoms with Gasteiger partial charge in [0.1, 0.15) is 0 Å². The van der Waals surface area contributed by atoms with Crippen LogP contribution in [0.25, 0.3) is 22.3 Å². The number of halogens is 2. The lowest BCUT2D eigenvalue weighted by Gasteiger charge is -2.09. The maximum Gasteiger partial charge on any atom is 0.209 e. The van der Waals surface area contributed by atoms with Crippen LogP contribution in [0.15, 0.2) is 18.3 Å². The normalized spacial score (nSPS) is 11.3. The van der Waals surface area contributed by atoms with Gasteiger partial charge in [0.2, 0.25) is 5.82 Å². The number of nitrogens with zero attached hydrogens (tertiary/aromatic N) is 4. The van der Waals surface area contributed by atoms with E-state index >= 15 is 0 Å². The number of aromatic amines is 1. The summed E-state index contributed by atoms with van der Waals surface area (Å²) in [6, 6.07) is 3.44. The fourth-order valence-corrected chi connectivity index (χ4v) is 2.38. The third-order valence-electron chi connectivity index (χ3n) is 3.05. The predicted octanol–water partition coefficient (Wildman–Crippen LogP) is 2.26. The summed E-state index contributed by atoms with van der Waals surface area (Å²) in [6.45, 7) is 1.10. The molecule has 3 aromatic rings. The second-order valence-corrected chi connectivity index (χ2v) is 4.63. The summed E-state index contributed by atoms with van der Waals surface area (Å²) in [5.41, 5.74) is 0.910. The lowest BCUT2D eigenvalue weighted by molar-refractivity contribution is 0.188. The number of benzene rings is 1. The van der Waals surface area contributed by atoms with Crippen LogP contribution in [-0.4, -0.2) is 38.9 Å². The average Bonchev–Trinajstić information content (AvgIpc) is 3.08. The van der Waals surface area contributed by atoms with Crippen LogP contribution >= 0.6 is 11.6 Å². The van der Waals surface area contributed by atoms with Crippen LogP contribution in [0.3, 0.4) is 0 Å². The molecule has 0 bridgehead atoms. The van der Waals surface area contributed by atoms with E-state index in [9.17, 15) is 4.39 Å². The van der Waals surface area contributed by atoms with Crippen molar-refractivity contribution in [2.75, 3.05) is 13.7 Å². The van der Waals surface area contributed by atoms with Crippen LogP contribution in [0.5, 0.6) is 0 Å². The zero-order chi connectivity index (χ0) is 14.1. The van der Waals surface area contributed by atoms with Crippen LogP contribution < -0.4 is 0 Å². The maximum atomic E-state index is 14.4. The Labute approximate surface area is 118 Å². The van der Waals surface area contributed by atoms with Crippen LogP contribution in [0.1, 0.15) is 0 Å². The molecule has 0 spiro atoms. The molecule has 0 saturated carbocycles.